The van der Waals surface area contributed by atoms with Crippen molar-refractivity contribution in [2.75, 3.05) is 0 Å². The van der Waals surface area contributed by atoms with E-state index < -0.39 is 5.97 Å². The number of hydrogen-bond donors (Lipinski definition) is 2. The zero-order valence-electron chi connectivity index (χ0n) is 12.2. The Morgan fingerprint density at radius 1 is 1.26 bits per heavy atom. The van der Waals surface area contributed by atoms with Crippen LogP contribution in [0.1, 0.15) is 71.6 Å². The van der Waals surface area contributed by atoms with Crippen LogP contribution >= 0.6 is 0 Å². The van der Waals surface area contributed by atoms with E-state index in [-0.39, 0.29) is 23.8 Å². The van der Waals surface area contributed by atoms with E-state index in [0.717, 1.165) is 44.9 Å². The number of carbonyl (C=O) groups excluding carboxylic acids is 1. The molecule has 4 heteroatoms. The lowest BCUT2D eigenvalue weighted by Gasteiger charge is -2.27. The van der Waals surface area contributed by atoms with Crippen LogP contribution in [0.3, 0.4) is 0 Å². The number of carbonyl (C=O) groups is 2. The third kappa shape index (κ3) is 5.62. The Hall–Kier alpha value is -1.06. The van der Waals surface area contributed by atoms with Gasteiger partial charge in [0, 0.05) is 12.5 Å². The van der Waals surface area contributed by atoms with Crippen molar-refractivity contribution < 1.29 is 14.7 Å². The first-order valence-electron chi connectivity index (χ1n) is 7.48. The van der Waals surface area contributed by atoms with Crippen molar-refractivity contribution in [3.8, 4) is 0 Å². The minimum atomic E-state index is -0.784. The monoisotopic (exact) mass is 269 g/mol. The fourth-order valence-electron chi connectivity index (χ4n) is 3.11. The first kappa shape index (κ1) is 16.0. The Kier molecular flexibility index (Phi) is 6.32. The highest BCUT2D eigenvalue weighted by Gasteiger charge is 2.38. The Balaban J connectivity index is 2.45. The number of amides is 1. The summed E-state index contributed by atoms with van der Waals surface area (Å²) in [5.74, 6) is -0.763. The largest absolute Gasteiger partial charge is 0.481 e. The molecule has 110 valence electrons. The third-order valence-electron chi connectivity index (χ3n) is 4.12. The molecule has 0 saturated heterocycles. The van der Waals surface area contributed by atoms with Crippen molar-refractivity contribution >= 4 is 11.9 Å². The highest BCUT2D eigenvalue weighted by atomic mass is 16.4. The fourth-order valence-corrected chi connectivity index (χ4v) is 3.11. The molecule has 1 aliphatic carbocycles. The fraction of sp³-hybridized carbons (Fsp3) is 0.867. The van der Waals surface area contributed by atoms with Crippen molar-refractivity contribution in [3.05, 3.63) is 0 Å². The van der Waals surface area contributed by atoms with Crippen molar-refractivity contribution in [3.63, 3.8) is 0 Å². The molecule has 4 nitrogen and oxygen atoms in total. The molecule has 1 saturated carbocycles. The third-order valence-corrected chi connectivity index (χ3v) is 4.12. The average molecular weight is 269 g/mol. The van der Waals surface area contributed by atoms with Gasteiger partial charge in [-0.1, -0.05) is 32.6 Å². The quantitative estimate of drug-likeness (QED) is 0.711. The Bertz CT molecular complexity index is 309. The lowest BCUT2D eigenvalue weighted by Crippen LogP contribution is -2.36. The molecular weight excluding hydrogens is 242 g/mol. The summed E-state index contributed by atoms with van der Waals surface area (Å²) in [6, 6.07) is 0.190. The topological polar surface area (TPSA) is 66.4 Å². The molecule has 1 aliphatic rings. The highest BCUT2D eigenvalue weighted by molar-refractivity contribution is 5.78. The molecule has 0 aromatic rings. The van der Waals surface area contributed by atoms with Crippen LogP contribution in [-0.4, -0.2) is 23.0 Å². The van der Waals surface area contributed by atoms with Crippen molar-refractivity contribution in [1.82, 2.24) is 5.32 Å². The van der Waals surface area contributed by atoms with Crippen LogP contribution in [0.15, 0.2) is 0 Å². The van der Waals surface area contributed by atoms with E-state index in [1.807, 2.05) is 6.92 Å². The lowest BCUT2D eigenvalue weighted by atomic mass is 9.79. The summed E-state index contributed by atoms with van der Waals surface area (Å²) < 4.78 is 0. The number of nitrogens with one attached hydrogen (secondary N) is 1. The molecule has 0 heterocycles. The van der Waals surface area contributed by atoms with Crippen LogP contribution in [0.2, 0.25) is 0 Å². The van der Waals surface area contributed by atoms with Crippen LogP contribution < -0.4 is 5.32 Å². The Morgan fingerprint density at radius 3 is 2.42 bits per heavy atom. The molecular formula is C15H27NO3. The molecule has 1 rings (SSSR count). The Labute approximate surface area is 116 Å². The van der Waals surface area contributed by atoms with Gasteiger partial charge in [-0.3, -0.25) is 9.59 Å². The second-order valence-corrected chi connectivity index (χ2v) is 6.07. The summed E-state index contributed by atoms with van der Waals surface area (Å²) in [6.45, 7) is 4.15. The Morgan fingerprint density at radius 2 is 1.89 bits per heavy atom. The number of aliphatic carboxylic acids is 1. The summed E-state index contributed by atoms with van der Waals surface area (Å²) in [5.41, 5.74) is -0.291. The van der Waals surface area contributed by atoms with Crippen LogP contribution in [0.5, 0.6) is 0 Å². The highest BCUT2D eigenvalue weighted by Crippen LogP contribution is 2.44. The van der Waals surface area contributed by atoms with E-state index in [1.54, 1.807) is 0 Å². The van der Waals surface area contributed by atoms with E-state index >= 15 is 0 Å². The van der Waals surface area contributed by atoms with Crippen molar-refractivity contribution in [2.45, 2.75) is 77.7 Å². The molecule has 0 spiro atoms. The second-order valence-electron chi connectivity index (χ2n) is 6.07. The number of carboxylic acids is 1. The number of rotatable bonds is 8. The summed E-state index contributed by atoms with van der Waals surface area (Å²) in [4.78, 5) is 23.0. The van der Waals surface area contributed by atoms with Gasteiger partial charge < -0.3 is 10.4 Å². The van der Waals surface area contributed by atoms with Crippen LogP contribution in [0, 0.1) is 5.41 Å². The van der Waals surface area contributed by atoms with Gasteiger partial charge in [0.1, 0.15) is 0 Å². The first-order chi connectivity index (χ1) is 8.97. The van der Waals surface area contributed by atoms with E-state index in [4.69, 9.17) is 5.11 Å². The van der Waals surface area contributed by atoms with E-state index in [1.165, 1.54) is 0 Å². The van der Waals surface area contributed by atoms with Gasteiger partial charge in [-0.2, -0.15) is 0 Å². The van der Waals surface area contributed by atoms with Gasteiger partial charge in [0.15, 0.2) is 0 Å². The van der Waals surface area contributed by atoms with Crippen LogP contribution in [0.25, 0.3) is 0 Å². The lowest BCUT2D eigenvalue weighted by molar-refractivity contribution is -0.140. The van der Waals surface area contributed by atoms with Gasteiger partial charge in [0.2, 0.25) is 5.91 Å². The van der Waals surface area contributed by atoms with E-state index in [2.05, 4.69) is 12.2 Å². The van der Waals surface area contributed by atoms with Crippen molar-refractivity contribution in [1.29, 1.82) is 0 Å². The van der Waals surface area contributed by atoms with Crippen molar-refractivity contribution in [2.24, 2.45) is 5.41 Å². The maximum absolute atomic E-state index is 12.1. The number of unbranched alkanes of at least 4 members (excludes halogenated alkanes) is 1. The zero-order valence-corrected chi connectivity index (χ0v) is 12.2. The first-order valence-corrected chi connectivity index (χ1v) is 7.48. The average Bonchev–Trinajstić information content (AvgIpc) is 2.73. The van der Waals surface area contributed by atoms with Gasteiger partial charge in [0.25, 0.3) is 0 Å². The molecule has 2 N–H and O–H groups in total. The summed E-state index contributed by atoms with van der Waals surface area (Å²) in [5, 5.41) is 12.0. The molecule has 1 amide bonds. The maximum Gasteiger partial charge on any atom is 0.303 e. The summed E-state index contributed by atoms with van der Waals surface area (Å²) in [7, 11) is 0. The minimum Gasteiger partial charge on any atom is -0.481 e. The minimum absolute atomic E-state index is 0.0201. The molecule has 0 radical (unpaired) electrons. The summed E-state index contributed by atoms with van der Waals surface area (Å²) in [6.07, 6.45) is 7.57. The molecule has 0 aliphatic heterocycles. The van der Waals surface area contributed by atoms with Gasteiger partial charge in [-0.15, -0.1) is 0 Å². The second kappa shape index (κ2) is 7.51. The van der Waals surface area contributed by atoms with E-state index in [0.29, 0.717) is 6.42 Å². The number of hydrogen-bond acceptors (Lipinski definition) is 2. The molecule has 0 aromatic carbocycles. The number of carboxylic acid groups (broad SMARTS) is 1. The standard InChI is InChI=1S/C15H27NO3/c1-3-4-7-12(2)16-13(17)10-15(11-14(18)19)8-5-6-9-15/h12H,3-11H2,1-2H3,(H,16,17)(H,18,19). The SMILES string of the molecule is CCCCC(C)NC(=O)CC1(CC(=O)O)CCCC1. The molecule has 1 fully saturated rings. The smallest absolute Gasteiger partial charge is 0.303 e. The maximum atomic E-state index is 12.1. The molecule has 0 bridgehead atoms. The predicted octanol–water partition coefficient (Wildman–Crippen LogP) is 3.11. The van der Waals surface area contributed by atoms with Gasteiger partial charge in [-0.05, 0) is 31.6 Å². The summed E-state index contributed by atoms with van der Waals surface area (Å²) >= 11 is 0. The van der Waals surface area contributed by atoms with Gasteiger partial charge in [0.05, 0.1) is 6.42 Å². The normalized spacial score (nSPS) is 19.1. The molecule has 0 aromatic heterocycles. The molecule has 19 heavy (non-hydrogen) atoms. The zero-order chi connectivity index (χ0) is 14.3. The van der Waals surface area contributed by atoms with Crippen LogP contribution in [-0.2, 0) is 9.59 Å². The van der Waals surface area contributed by atoms with Crippen LogP contribution in [0.4, 0.5) is 0 Å². The predicted molar refractivity (Wildman–Crippen MR) is 74.9 cm³/mol. The van der Waals surface area contributed by atoms with Gasteiger partial charge in [-0.25, -0.2) is 0 Å². The van der Waals surface area contributed by atoms with E-state index in [9.17, 15) is 9.59 Å². The molecule has 1 unspecified atom stereocenters. The van der Waals surface area contributed by atoms with Gasteiger partial charge >= 0.3 is 5.97 Å². The molecule has 1 atom stereocenters.